The van der Waals surface area contributed by atoms with Gasteiger partial charge in [-0.15, -0.1) is 0 Å². The molecule has 0 amide bonds. The Hall–Kier alpha value is 4.87. The van der Waals surface area contributed by atoms with Crippen LogP contribution in [0, 0.1) is 113 Å². The zero-order valence-corrected chi connectivity index (χ0v) is 15.5. The molecule has 0 aliphatic heterocycles. The molecule has 0 heterocycles. The van der Waals surface area contributed by atoms with Crippen molar-refractivity contribution in [3.05, 3.63) is 0 Å². The molecule has 0 fully saturated rings. The Labute approximate surface area is 141 Å². The van der Waals surface area contributed by atoms with Crippen LogP contribution in [0.4, 0.5) is 0 Å². The Morgan fingerprint density at radius 1 is 0.750 bits per heavy atom. The number of rotatable bonds is 0. The third kappa shape index (κ3) is 9.98. The molecular formula is CeLa2Y. The van der Waals surface area contributed by atoms with Crippen LogP contribution in [0.2, 0.25) is 0 Å². The third-order valence-electron chi connectivity index (χ3n) is 0. The van der Waals surface area contributed by atoms with Crippen molar-refractivity contribution in [2.24, 2.45) is 0 Å². The molecule has 0 aliphatic carbocycles. The summed E-state index contributed by atoms with van der Waals surface area (Å²) in [5, 5.41) is 0. The maximum atomic E-state index is 0. The van der Waals surface area contributed by atoms with Gasteiger partial charge in [-0.1, -0.05) is 0 Å². The largest absolute Gasteiger partial charge is 0 e. The zero-order valence-electron chi connectivity index (χ0n) is 2.23. The molecule has 0 aromatic carbocycles. The Balaban J connectivity index is 0. The molecule has 4 heavy (non-hydrogen) atoms. The van der Waals surface area contributed by atoms with Gasteiger partial charge in [0, 0.05) is 146 Å². The van der Waals surface area contributed by atoms with Gasteiger partial charge in [-0.3, -0.25) is 0 Å². The second-order valence-corrected chi connectivity index (χ2v) is 0. The van der Waals surface area contributed by atoms with Crippen LogP contribution in [-0.4, -0.2) is 0 Å². The van der Waals surface area contributed by atoms with E-state index in [0.717, 1.165) is 0 Å². The standard InChI is InChI=1S/Ce.2La.Y. The predicted octanol–water partition coefficient (Wildman–Crippen LogP) is -0.00250. The minimum Gasteiger partial charge on any atom is 0 e. The van der Waals surface area contributed by atoms with Gasteiger partial charge in [0.25, 0.3) is 0 Å². The van der Waals surface area contributed by atoms with Crippen molar-refractivity contribution in [1.82, 2.24) is 0 Å². The maximum Gasteiger partial charge on any atom is 0 e. The van der Waals surface area contributed by atoms with Crippen LogP contribution in [0.15, 0.2) is 0 Å². The van der Waals surface area contributed by atoms with E-state index in [1.165, 1.54) is 0 Å². The molecular weight excluding hydrogens is 507 g/mol. The molecule has 0 saturated carbocycles. The second-order valence-electron chi connectivity index (χ2n) is 0. The van der Waals surface area contributed by atoms with E-state index in [1.54, 1.807) is 0 Å². The van der Waals surface area contributed by atoms with E-state index in [9.17, 15) is 0 Å². The molecule has 0 aromatic rings. The van der Waals surface area contributed by atoms with E-state index in [0.29, 0.717) is 0 Å². The average Bonchev–Trinajstić information content (AvgIpc) is 0. The van der Waals surface area contributed by atoms with Crippen LogP contribution in [0.3, 0.4) is 0 Å². The Kier molecular flexibility index (Phi) is 90.7. The summed E-state index contributed by atoms with van der Waals surface area (Å²) in [5.74, 6) is 0. The van der Waals surface area contributed by atoms with Crippen LogP contribution in [0.25, 0.3) is 0 Å². The van der Waals surface area contributed by atoms with Gasteiger partial charge in [0.2, 0.25) is 0 Å². The Morgan fingerprint density at radius 3 is 0.750 bits per heavy atom. The predicted molar refractivity (Wildman–Crippen MR) is 0 cm³/mol. The van der Waals surface area contributed by atoms with E-state index >= 15 is 0 Å². The van der Waals surface area contributed by atoms with Crippen LogP contribution in [0.5, 0.6) is 0 Å². The van der Waals surface area contributed by atoms with Crippen molar-refractivity contribution in [2.45, 2.75) is 0 Å². The second kappa shape index (κ2) is 15.7. The molecule has 0 aromatic heterocycles. The van der Waals surface area contributed by atoms with E-state index in [2.05, 4.69) is 0 Å². The molecule has 13 valence electrons. The van der Waals surface area contributed by atoms with Crippen molar-refractivity contribution in [1.29, 1.82) is 0 Å². The summed E-state index contributed by atoms with van der Waals surface area (Å²) in [6, 6.07) is 0. The average molecular weight is 507 g/mol. The van der Waals surface area contributed by atoms with Crippen molar-refractivity contribution in [2.75, 3.05) is 0 Å². The van der Waals surface area contributed by atoms with Crippen molar-refractivity contribution in [3.63, 3.8) is 0 Å². The zero-order chi connectivity index (χ0) is 0. The Morgan fingerprint density at radius 2 is 0.750 bits per heavy atom. The minimum atomic E-state index is 0. The summed E-state index contributed by atoms with van der Waals surface area (Å²) in [6.45, 7) is 0. The number of hydrogen-bond acceptors (Lipinski definition) is 0. The summed E-state index contributed by atoms with van der Waals surface area (Å²) >= 11 is 0. The minimum absolute atomic E-state index is 0. The summed E-state index contributed by atoms with van der Waals surface area (Å²) in [6.07, 6.45) is 0. The maximum absolute atomic E-state index is 0. The van der Waals surface area contributed by atoms with Gasteiger partial charge in [0.05, 0.1) is 0 Å². The molecule has 0 atom stereocenters. The van der Waals surface area contributed by atoms with Gasteiger partial charge in [-0.25, -0.2) is 0 Å². The molecule has 3 radical (unpaired) electrons. The SMILES string of the molecule is [Ce].[La].[La].[Y]. The monoisotopic (exact) mass is 507 g/mol. The van der Waals surface area contributed by atoms with Crippen LogP contribution in [-0.2, 0) is 32.7 Å². The molecule has 0 aliphatic rings. The van der Waals surface area contributed by atoms with Crippen LogP contribution < -0.4 is 0 Å². The van der Waals surface area contributed by atoms with Gasteiger partial charge >= 0.3 is 0 Å². The first-order valence-electron chi connectivity index (χ1n) is 0. The fourth-order valence-electron chi connectivity index (χ4n) is 0. The smallest absolute Gasteiger partial charge is 0 e. The fourth-order valence-corrected chi connectivity index (χ4v) is 0. The Bertz CT molecular complexity index is 6.00. The van der Waals surface area contributed by atoms with Gasteiger partial charge in [-0.2, -0.15) is 0 Å². The topological polar surface area (TPSA) is 0 Å². The van der Waals surface area contributed by atoms with E-state index < -0.39 is 0 Å². The van der Waals surface area contributed by atoms with Crippen molar-refractivity contribution < 1.29 is 146 Å². The van der Waals surface area contributed by atoms with Crippen molar-refractivity contribution >= 4 is 0 Å². The summed E-state index contributed by atoms with van der Waals surface area (Å²) in [4.78, 5) is 0. The number of hydrogen-bond donors (Lipinski definition) is 0. The van der Waals surface area contributed by atoms with E-state index in [4.69, 9.17) is 0 Å². The molecule has 0 nitrogen and oxygen atoms in total. The first-order valence-corrected chi connectivity index (χ1v) is 0. The van der Waals surface area contributed by atoms with Gasteiger partial charge in [-0.05, 0) is 0 Å². The molecule has 4 heteroatoms. The van der Waals surface area contributed by atoms with Crippen LogP contribution >= 0.6 is 0 Å². The normalized spacial score (nSPS) is 0. The fraction of sp³-hybridized carbons (Fsp3) is 0. The molecule has 0 saturated heterocycles. The first kappa shape index (κ1) is 23.2. The third-order valence-corrected chi connectivity index (χ3v) is 0. The van der Waals surface area contributed by atoms with E-state index in [1.807, 2.05) is 0 Å². The summed E-state index contributed by atoms with van der Waals surface area (Å²) in [5.41, 5.74) is 0. The molecule has 0 N–H and O–H groups in total. The molecule has 0 spiro atoms. The quantitative estimate of drug-likeness (QED) is 0.434. The van der Waals surface area contributed by atoms with Gasteiger partial charge < -0.3 is 0 Å². The molecule has 0 bridgehead atoms. The summed E-state index contributed by atoms with van der Waals surface area (Å²) in [7, 11) is 0. The van der Waals surface area contributed by atoms with Gasteiger partial charge in [0.15, 0.2) is 0 Å². The molecule has 0 rings (SSSR count). The van der Waals surface area contributed by atoms with Crippen LogP contribution in [0.1, 0.15) is 0 Å². The van der Waals surface area contributed by atoms with E-state index in [-0.39, 0.29) is 146 Å². The molecule has 0 unspecified atom stereocenters. The first-order chi connectivity index (χ1) is 0. The summed E-state index contributed by atoms with van der Waals surface area (Å²) < 4.78 is 0. The van der Waals surface area contributed by atoms with Crippen molar-refractivity contribution in [3.8, 4) is 0 Å². The van der Waals surface area contributed by atoms with Gasteiger partial charge in [0.1, 0.15) is 0 Å².